The van der Waals surface area contributed by atoms with Gasteiger partial charge in [0, 0.05) is 4.75 Å². The number of thioether (sulfide) groups is 1. The summed E-state index contributed by atoms with van der Waals surface area (Å²) in [6.45, 7) is 3.58. The van der Waals surface area contributed by atoms with E-state index in [1.165, 1.54) is 16.7 Å². The molecule has 2 heterocycles. The third-order valence-corrected chi connectivity index (χ3v) is 5.99. The predicted octanol–water partition coefficient (Wildman–Crippen LogP) is -0.330. The third-order valence-electron chi connectivity index (χ3n) is 4.41. The molecule has 1 aromatic carbocycles. The van der Waals surface area contributed by atoms with Gasteiger partial charge in [0.15, 0.2) is 0 Å². The third kappa shape index (κ3) is 3.68. The van der Waals surface area contributed by atoms with Crippen molar-refractivity contribution in [1.29, 1.82) is 0 Å². The van der Waals surface area contributed by atoms with E-state index in [-0.39, 0.29) is 62.7 Å². The van der Waals surface area contributed by atoms with Crippen LogP contribution < -0.4 is 11.1 Å². The second-order valence-electron chi connectivity index (χ2n) is 6.47. The number of nitrogens with one attached hydrogen (secondary N) is 1. The van der Waals surface area contributed by atoms with Gasteiger partial charge in [-0.3, -0.25) is 9.59 Å². The summed E-state index contributed by atoms with van der Waals surface area (Å²) in [7, 11) is 0. The summed E-state index contributed by atoms with van der Waals surface area (Å²) in [4.78, 5) is 37.5. The number of fused-ring (bicyclic) bond motifs is 1. The molecule has 4 N–H and O–H groups in total. The zero-order chi connectivity index (χ0) is 17.6. The zero-order valence-electron chi connectivity index (χ0n) is 13.3. The Bertz CT molecular complexity index is 700. The van der Waals surface area contributed by atoms with E-state index in [1.54, 1.807) is 38.1 Å². The molecule has 0 aromatic heterocycles. The summed E-state index contributed by atoms with van der Waals surface area (Å²) in [6, 6.07) is 6.38. The molecule has 9 heteroatoms. The van der Waals surface area contributed by atoms with Crippen molar-refractivity contribution in [2.75, 3.05) is 0 Å². The molecular formula is C16H20KN3O4S. The Morgan fingerprint density at radius 3 is 2.48 bits per heavy atom. The van der Waals surface area contributed by atoms with E-state index in [9.17, 15) is 19.5 Å². The van der Waals surface area contributed by atoms with Gasteiger partial charge in [-0.1, -0.05) is 30.3 Å². The van der Waals surface area contributed by atoms with Crippen LogP contribution in [0.4, 0.5) is 0 Å². The number of β-lactam (4-membered cyclic amide) rings is 1. The van der Waals surface area contributed by atoms with Gasteiger partial charge in [-0.05, 0) is 19.4 Å². The SMILES string of the molecule is CC1(C)S[C@@H]2[C@H](NC(=O)[C@H](N)c3ccccc3)C(=O)N2[C@H]1C(=O)O.[KH]. The number of rotatable bonds is 4. The van der Waals surface area contributed by atoms with Crippen LogP contribution in [0.5, 0.6) is 0 Å². The van der Waals surface area contributed by atoms with Gasteiger partial charge in [-0.25, -0.2) is 4.79 Å². The van der Waals surface area contributed by atoms with Crippen molar-refractivity contribution in [3.63, 3.8) is 0 Å². The molecule has 1 aromatic rings. The van der Waals surface area contributed by atoms with Crippen molar-refractivity contribution in [3.8, 4) is 0 Å². The van der Waals surface area contributed by atoms with E-state index in [4.69, 9.17) is 5.73 Å². The topological polar surface area (TPSA) is 113 Å². The van der Waals surface area contributed by atoms with Crippen LogP contribution >= 0.6 is 11.8 Å². The summed E-state index contributed by atoms with van der Waals surface area (Å²) >= 11 is 1.38. The van der Waals surface area contributed by atoms with Crippen LogP contribution in [0.3, 0.4) is 0 Å². The van der Waals surface area contributed by atoms with Gasteiger partial charge >= 0.3 is 57.4 Å². The molecule has 2 aliphatic rings. The van der Waals surface area contributed by atoms with Gasteiger partial charge in [0.1, 0.15) is 23.5 Å². The minimum atomic E-state index is -1.03. The number of aliphatic carboxylic acids is 1. The summed E-state index contributed by atoms with van der Waals surface area (Å²) in [5.74, 6) is -1.86. The molecule has 25 heavy (non-hydrogen) atoms. The Labute approximate surface area is 192 Å². The first kappa shape index (κ1) is 20.9. The van der Waals surface area contributed by atoms with Crippen LogP contribution in [-0.4, -0.2) is 101 Å². The number of hydrogen-bond donors (Lipinski definition) is 3. The monoisotopic (exact) mass is 389 g/mol. The number of benzene rings is 1. The molecule has 4 atom stereocenters. The summed E-state index contributed by atoms with van der Waals surface area (Å²) in [5, 5.41) is 11.7. The first-order valence-electron chi connectivity index (χ1n) is 7.58. The van der Waals surface area contributed by atoms with Gasteiger partial charge < -0.3 is 21.1 Å². The van der Waals surface area contributed by atoms with E-state index in [2.05, 4.69) is 5.32 Å². The van der Waals surface area contributed by atoms with E-state index in [1.807, 2.05) is 6.07 Å². The molecule has 0 saturated carbocycles. The quantitative estimate of drug-likeness (QED) is 0.480. The Kier molecular flexibility index (Phi) is 6.41. The van der Waals surface area contributed by atoms with Crippen LogP contribution in [0.15, 0.2) is 30.3 Å². The van der Waals surface area contributed by atoms with Crippen molar-refractivity contribution >= 4 is 80.9 Å². The molecule has 0 spiro atoms. The molecule has 0 aliphatic carbocycles. The van der Waals surface area contributed by atoms with Crippen LogP contribution in [0.1, 0.15) is 25.5 Å². The molecule has 2 fully saturated rings. The molecule has 0 radical (unpaired) electrons. The van der Waals surface area contributed by atoms with Gasteiger partial charge in [0.2, 0.25) is 11.8 Å². The van der Waals surface area contributed by atoms with Crippen molar-refractivity contribution in [3.05, 3.63) is 35.9 Å². The molecule has 2 amide bonds. The van der Waals surface area contributed by atoms with Gasteiger partial charge in [-0.15, -0.1) is 11.8 Å². The molecule has 2 aliphatic heterocycles. The minimum absolute atomic E-state index is 0. The first-order chi connectivity index (χ1) is 11.2. The summed E-state index contributed by atoms with van der Waals surface area (Å²) < 4.78 is -0.618. The van der Waals surface area contributed by atoms with Crippen LogP contribution in [0.25, 0.3) is 0 Å². The van der Waals surface area contributed by atoms with E-state index >= 15 is 0 Å². The molecule has 0 unspecified atom stereocenters. The number of nitrogens with zero attached hydrogens (tertiary/aromatic N) is 1. The maximum absolute atomic E-state index is 12.3. The van der Waals surface area contributed by atoms with Crippen molar-refractivity contribution in [1.82, 2.24) is 10.2 Å². The number of carbonyl (C=O) groups excluding carboxylic acids is 2. The summed E-state index contributed by atoms with van der Waals surface area (Å²) in [6.07, 6.45) is 0. The predicted molar refractivity (Wildman–Crippen MR) is 96.2 cm³/mol. The molecule has 2 saturated heterocycles. The molecule has 0 bridgehead atoms. The van der Waals surface area contributed by atoms with Crippen LogP contribution in [-0.2, 0) is 14.4 Å². The van der Waals surface area contributed by atoms with Crippen molar-refractivity contribution in [2.24, 2.45) is 5.73 Å². The zero-order valence-corrected chi connectivity index (χ0v) is 14.1. The Hall–Kier alpha value is -0.424. The second kappa shape index (κ2) is 7.67. The fourth-order valence-corrected chi connectivity index (χ4v) is 4.83. The number of nitrogens with two attached hydrogens (primary N) is 1. The number of amides is 2. The first-order valence-corrected chi connectivity index (χ1v) is 8.45. The van der Waals surface area contributed by atoms with Gasteiger partial charge in [0.05, 0.1) is 0 Å². The average Bonchev–Trinajstić information content (AvgIpc) is 2.80. The number of carbonyl (C=O) groups is 3. The number of carboxylic acid groups (broad SMARTS) is 1. The Balaban J connectivity index is 0.00000225. The normalized spacial score (nSPS) is 27.6. The number of hydrogen-bond acceptors (Lipinski definition) is 5. The number of carboxylic acids is 1. The van der Waals surface area contributed by atoms with Crippen molar-refractivity contribution in [2.45, 2.75) is 42.1 Å². The standard InChI is InChI=1S/C16H19N3O4S.K.H/c1-16(2)11(15(22)23)19-13(21)10(14(19)24-16)18-12(20)9(17)8-6-4-3-5-7-8;;/h3-7,9-11,14H,17H2,1-2H3,(H,18,20)(H,22,23);;/t9-,10-,11+,14-;;/m1../s1. The molecule has 130 valence electrons. The Morgan fingerprint density at radius 1 is 1.32 bits per heavy atom. The van der Waals surface area contributed by atoms with Gasteiger partial charge in [-0.2, -0.15) is 0 Å². The summed E-state index contributed by atoms with van der Waals surface area (Å²) in [5.41, 5.74) is 6.59. The maximum atomic E-state index is 12.3. The van der Waals surface area contributed by atoms with E-state index in [0.29, 0.717) is 5.56 Å². The van der Waals surface area contributed by atoms with Crippen LogP contribution in [0.2, 0.25) is 0 Å². The molecule has 7 nitrogen and oxygen atoms in total. The molecule has 3 rings (SSSR count). The average molecular weight is 390 g/mol. The van der Waals surface area contributed by atoms with Gasteiger partial charge in [0.25, 0.3) is 0 Å². The van der Waals surface area contributed by atoms with E-state index < -0.39 is 34.7 Å². The van der Waals surface area contributed by atoms with Crippen molar-refractivity contribution < 1.29 is 19.5 Å². The van der Waals surface area contributed by atoms with Crippen LogP contribution in [0, 0.1) is 0 Å². The Morgan fingerprint density at radius 2 is 1.92 bits per heavy atom. The fraction of sp³-hybridized carbons (Fsp3) is 0.438. The molecular weight excluding hydrogens is 369 g/mol. The second-order valence-corrected chi connectivity index (χ2v) is 8.24. The van der Waals surface area contributed by atoms with E-state index in [0.717, 1.165) is 0 Å². The fourth-order valence-electron chi connectivity index (χ4n) is 3.20.